The van der Waals surface area contributed by atoms with Crippen LogP contribution in [-0.2, 0) is 4.12 Å². The lowest BCUT2D eigenvalue weighted by Crippen LogP contribution is -2.53. The quantitative estimate of drug-likeness (QED) is 0.456. The predicted octanol–water partition coefficient (Wildman–Crippen LogP) is 6.01. The number of hydrogen-bond donors (Lipinski definition) is 0. The summed E-state index contributed by atoms with van der Waals surface area (Å²) < 4.78 is 6.46. The van der Waals surface area contributed by atoms with Gasteiger partial charge in [0.05, 0.1) is 0 Å². The van der Waals surface area contributed by atoms with Gasteiger partial charge in [-0.3, -0.25) is 0 Å². The van der Waals surface area contributed by atoms with E-state index >= 15 is 0 Å². The Hall–Kier alpha value is 0.974. The fourth-order valence-electron chi connectivity index (χ4n) is 1.77. The summed E-state index contributed by atoms with van der Waals surface area (Å²) in [6, 6.07) is 1.80. The van der Waals surface area contributed by atoms with Crippen molar-refractivity contribution >= 4 is 37.4 Å². The van der Waals surface area contributed by atoms with Crippen LogP contribution >= 0.6 is 22.2 Å². The molecule has 17 heavy (non-hydrogen) atoms. The van der Waals surface area contributed by atoms with E-state index in [1.54, 1.807) is 0 Å². The minimum atomic E-state index is -2.29. The van der Waals surface area contributed by atoms with Crippen molar-refractivity contribution in [2.45, 2.75) is 77.6 Å². The van der Waals surface area contributed by atoms with Gasteiger partial charge in [0.1, 0.15) is 0 Å². The zero-order valence-electron chi connectivity index (χ0n) is 12.6. The SMILES string of the molecule is CC[Si](Cl)(O[Si](Cl)(CC)C(C)(C)C)C(C)(C)C. The zero-order chi connectivity index (χ0) is 14.1. The topological polar surface area (TPSA) is 9.23 Å². The number of halogens is 2. The lowest BCUT2D eigenvalue weighted by Gasteiger charge is -2.46. The first-order valence-corrected chi connectivity index (χ1v) is 12.7. The molecule has 0 heterocycles. The molecule has 0 amide bonds. The van der Waals surface area contributed by atoms with Gasteiger partial charge < -0.3 is 4.12 Å². The van der Waals surface area contributed by atoms with Gasteiger partial charge in [-0.2, -0.15) is 0 Å². The van der Waals surface area contributed by atoms with Crippen LogP contribution < -0.4 is 0 Å². The summed E-state index contributed by atoms with van der Waals surface area (Å²) >= 11 is 13.7. The van der Waals surface area contributed by atoms with E-state index in [0.29, 0.717) is 0 Å². The van der Waals surface area contributed by atoms with E-state index in [9.17, 15) is 0 Å². The Morgan fingerprint density at radius 3 is 1.12 bits per heavy atom. The van der Waals surface area contributed by atoms with Crippen LogP contribution in [0.1, 0.15) is 55.4 Å². The molecule has 0 spiro atoms. The summed E-state index contributed by atoms with van der Waals surface area (Å²) in [5.74, 6) is 0. The summed E-state index contributed by atoms with van der Waals surface area (Å²) in [7, 11) is -4.58. The fraction of sp³-hybridized carbons (Fsp3) is 1.00. The van der Waals surface area contributed by atoms with Crippen molar-refractivity contribution in [3.63, 3.8) is 0 Å². The third kappa shape index (κ3) is 3.97. The van der Waals surface area contributed by atoms with Crippen molar-refractivity contribution in [3.8, 4) is 0 Å². The maximum Gasteiger partial charge on any atom is 0.286 e. The molecule has 104 valence electrons. The van der Waals surface area contributed by atoms with Crippen LogP contribution in [0.4, 0.5) is 0 Å². The molecular weight excluding hydrogens is 287 g/mol. The standard InChI is InChI=1S/C12H28Cl2OSi2/c1-9-16(13,11(3,4)5)15-17(14,10-2)12(6,7)8/h9-10H2,1-8H3. The van der Waals surface area contributed by atoms with E-state index < -0.39 is 15.3 Å². The molecule has 5 heteroatoms. The summed E-state index contributed by atoms with van der Waals surface area (Å²) in [5, 5.41) is 0.0216. The lowest BCUT2D eigenvalue weighted by molar-refractivity contribution is 0.464. The van der Waals surface area contributed by atoms with Crippen LogP contribution in [0.2, 0.25) is 22.2 Å². The van der Waals surface area contributed by atoms with Crippen LogP contribution in [0.25, 0.3) is 0 Å². The van der Waals surface area contributed by atoms with Gasteiger partial charge >= 0.3 is 0 Å². The van der Waals surface area contributed by atoms with Crippen molar-refractivity contribution in [3.05, 3.63) is 0 Å². The molecule has 1 nitrogen and oxygen atoms in total. The molecule has 0 aromatic heterocycles. The highest BCUT2D eigenvalue weighted by molar-refractivity contribution is 7.27. The summed E-state index contributed by atoms with van der Waals surface area (Å²) in [6.45, 7) is 17.2. The van der Waals surface area contributed by atoms with E-state index in [2.05, 4.69) is 55.4 Å². The van der Waals surface area contributed by atoms with Crippen LogP contribution in [-0.4, -0.2) is 15.3 Å². The molecule has 0 aliphatic heterocycles. The Morgan fingerprint density at radius 2 is 1.00 bits per heavy atom. The second kappa shape index (κ2) is 5.53. The molecule has 2 unspecified atom stereocenters. The molecule has 0 aliphatic rings. The Morgan fingerprint density at radius 1 is 0.765 bits per heavy atom. The molecule has 0 saturated carbocycles. The van der Waals surface area contributed by atoms with Gasteiger partial charge in [-0.05, 0) is 22.2 Å². The summed E-state index contributed by atoms with van der Waals surface area (Å²) in [5.41, 5.74) is 0. The highest BCUT2D eigenvalue weighted by Gasteiger charge is 2.54. The van der Waals surface area contributed by atoms with Crippen molar-refractivity contribution in [2.24, 2.45) is 0 Å². The van der Waals surface area contributed by atoms with Gasteiger partial charge in [-0.15, -0.1) is 22.2 Å². The van der Waals surface area contributed by atoms with Gasteiger partial charge in [-0.1, -0.05) is 55.4 Å². The Kier molecular flexibility index (Phi) is 5.85. The van der Waals surface area contributed by atoms with Gasteiger partial charge in [0.15, 0.2) is 0 Å². The summed E-state index contributed by atoms with van der Waals surface area (Å²) in [4.78, 5) is 0. The number of hydrogen-bond acceptors (Lipinski definition) is 1. The Bertz CT molecular complexity index is 234. The molecular formula is C12H28Cl2OSi2. The van der Waals surface area contributed by atoms with E-state index in [1.807, 2.05) is 0 Å². The van der Waals surface area contributed by atoms with Crippen molar-refractivity contribution in [1.82, 2.24) is 0 Å². The van der Waals surface area contributed by atoms with Crippen molar-refractivity contribution in [2.75, 3.05) is 0 Å². The molecule has 0 rings (SSSR count). The average Bonchev–Trinajstić information content (AvgIpc) is 2.13. The molecule has 0 aliphatic carbocycles. The first-order chi connectivity index (χ1) is 7.33. The zero-order valence-corrected chi connectivity index (χ0v) is 16.1. The highest BCUT2D eigenvalue weighted by Crippen LogP contribution is 2.50. The smallest absolute Gasteiger partial charge is 0.286 e. The van der Waals surface area contributed by atoms with Gasteiger partial charge in [0, 0.05) is 0 Å². The Labute approximate surface area is 119 Å². The summed E-state index contributed by atoms with van der Waals surface area (Å²) in [6.07, 6.45) is 0. The molecule has 2 atom stereocenters. The van der Waals surface area contributed by atoms with Crippen LogP contribution in [0.15, 0.2) is 0 Å². The van der Waals surface area contributed by atoms with E-state index in [-0.39, 0.29) is 10.1 Å². The third-order valence-corrected chi connectivity index (χ3v) is 18.8. The number of rotatable bonds is 4. The maximum absolute atomic E-state index is 6.84. The molecule has 0 aromatic carbocycles. The van der Waals surface area contributed by atoms with Crippen LogP contribution in [0.5, 0.6) is 0 Å². The van der Waals surface area contributed by atoms with Crippen molar-refractivity contribution < 1.29 is 4.12 Å². The minimum absolute atomic E-state index is 0.0108. The van der Waals surface area contributed by atoms with E-state index in [0.717, 1.165) is 12.1 Å². The first-order valence-electron chi connectivity index (χ1n) is 6.41. The average molecular weight is 315 g/mol. The van der Waals surface area contributed by atoms with Gasteiger partial charge in [0.2, 0.25) is 0 Å². The van der Waals surface area contributed by atoms with Gasteiger partial charge in [-0.25, -0.2) is 0 Å². The highest BCUT2D eigenvalue weighted by atomic mass is 35.6. The largest absolute Gasteiger partial charge is 0.432 e. The minimum Gasteiger partial charge on any atom is -0.432 e. The first kappa shape index (κ1) is 18.0. The third-order valence-electron chi connectivity index (χ3n) is 3.47. The maximum atomic E-state index is 6.84. The van der Waals surface area contributed by atoms with Crippen LogP contribution in [0.3, 0.4) is 0 Å². The predicted molar refractivity (Wildman–Crippen MR) is 84.7 cm³/mol. The van der Waals surface area contributed by atoms with E-state index in [1.165, 1.54) is 0 Å². The second-order valence-electron chi connectivity index (χ2n) is 6.77. The van der Waals surface area contributed by atoms with Gasteiger partial charge in [0.25, 0.3) is 15.3 Å². The monoisotopic (exact) mass is 314 g/mol. The molecule has 0 bridgehead atoms. The molecule has 0 fully saturated rings. The Balaban J connectivity index is 5.27. The second-order valence-corrected chi connectivity index (χ2v) is 18.6. The fourth-order valence-corrected chi connectivity index (χ4v) is 12.3. The van der Waals surface area contributed by atoms with E-state index in [4.69, 9.17) is 26.3 Å². The van der Waals surface area contributed by atoms with Crippen molar-refractivity contribution in [1.29, 1.82) is 0 Å². The lowest BCUT2D eigenvalue weighted by atomic mass is 10.2. The molecule has 0 N–H and O–H groups in total. The van der Waals surface area contributed by atoms with Crippen LogP contribution in [0, 0.1) is 0 Å². The molecule has 0 radical (unpaired) electrons. The normalized spacial score (nSPS) is 20.8. The molecule has 0 aromatic rings. The molecule has 0 saturated heterocycles.